The van der Waals surface area contributed by atoms with Gasteiger partial charge in [0.1, 0.15) is 5.01 Å². The van der Waals surface area contributed by atoms with Crippen LogP contribution in [0.3, 0.4) is 0 Å². The van der Waals surface area contributed by atoms with Gasteiger partial charge in [0, 0.05) is 35.6 Å². The minimum Gasteiger partial charge on any atom is -0.478 e. The Balaban J connectivity index is 0.000000192. The van der Waals surface area contributed by atoms with Crippen molar-refractivity contribution in [3.63, 3.8) is 0 Å². The van der Waals surface area contributed by atoms with Gasteiger partial charge in [0.25, 0.3) is 0 Å². The highest BCUT2D eigenvalue weighted by atomic mass is 32.1. The van der Waals surface area contributed by atoms with Crippen molar-refractivity contribution in [2.24, 2.45) is 5.73 Å². The summed E-state index contributed by atoms with van der Waals surface area (Å²) in [6.07, 6.45) is 2.15. The Labute approximate surface area is 130 Å². The quantitative estimate of drug-likeness (QED) is 0.635. The van der Waals surface area contributed by atoms with Gasteiger partial charge >= 0.3 is 11.9 Å². The smallest absolute Gasteiger partial charge is 0.328 e. The number of carboxylic acids is 2. The standard InChI is InChI=1S/C11H10N2S.C4H4O4/c12-6-10-13-11-8-4-2-1-3-7(8)5-9(11)14-10;5-3(6)1-2-4(7)8/h1-4H,5-6,12H2;1-2H,(H,5,6)(H,7,8). The van der Waals surface area contributed by atoms with Gasteiger partial charge in [-0.1, -0.05) is 24.3 Å². The van der Waals surface area contributed by atoms with Crippen molar-refractivity contribution in [3.8, 4) is 11.3 Å². The molecule has 0 saturated carbocycles. The fraction of sp³-hybridized carbons (Fsp3) is 0.133. The number of hydrogen-bond acceptors (Lipinski definition) is 5. The lowest BCUT2D eigenvalue weighted by molar-refractivity contribution is -0.134. The summed E-state index contributed by atoms with van der Waals surface area (Å²) in [6, 6.07) is 8.46. The van der Waals surface area contributed by atoms with E-state index in [1.54, 1.807) is 11.3 Å². The average molecular weight is 318 g/mol. The molecule has 0 fully saturated rings. The molecule has 6 nitrogen and oxygen atoms in total. The molecule has 0 bridgehead atoms. The number of nitrogens with zero attached hydrogens (tertiary/aromatic N) is 1. The number of aliphatic carboxylic acids is 2. The number of carboxylic acid groups (broad SMARTS) is 2. The summed E-state index contributed by atoms with van der Waals surface area (Å²) in [4.78, 5) is 25.0. The minimum atomic E-state index is -1.26. The van der Waals surface area contributed by atoms with E-state index in [9.17, 15) is 9.59 Å². The summed E-state index contributed by atoms with van der Waals surface area (Å²) in [7, 11) is 0. The van der Waals surface area contributed by atoms with Crippen LogP contribution < -0.4 is 5.73 Å². The van der Waals surface area contributed by atoms with Crippen LogP contribution in [-0.4, -0.2) is 27.1 Å². The molecule has 4 N–H and O–H groups in total. The molecule has 1 aromatic carbocycles. The summed E-state index contributed by atoms with van der Waals surface area (Å²) in [5.41, 5.74) is 9.42. The van der Waals surface area contributed by atoms with Crippen molar-refractivity contribution in [2.45, 2.75) is 13.0 Å². The van der Waals surface area contributed by atoms with Crippen molar-refractivity contribution >= 4 is 23.3 Å². The maximum absolute atomic E-state index is 9.55. The molecular weight excluding hydrogens is 304 g/mol. The molecule has 0 unspecified atom stereocenters. The maximum atomic E-state index is 9.55. The second kappa shape index (κ2) is 6.97. The Hall–Kier alpha value is -2.51. The Morgan fingerprint density at radius 2 is 1.86 bits per heavy atom. The predicted molar refractivity (Wildman–Crippen MR) is 82.7 cm³/mol. The molecule has 22 heavy (non-hydrogen) atoms. The van der Waals surface area contributed by atoms with Gasteiger partial charge in [-0.3, -0.25) is 0 Å². The van der Waals surface area contributed by atoms with Crippen LogP contribution in [0.1, 0.15) is 15.4 Å². The van der Waals surface area contributed by atoms with Crippen LogP contribution in [0.25, 0.3) is 11.3 Å². The Morgan fingerprint density at radius 3 is 2.45 bits per heavy atom. The molecule has 7 heteroatoms. The molecule has 1 aromatic heterocycles. The first-order valence-electron chi connectivity index (χ1n) is 6.42. The summed E-state index contributed by atoms with van der Waals surface area (Å²) >= 11 is 1.74. The molecule has 0 saturated heterocycles. The van der Waals surface area contributed by atoms with Gasteiger partial charge < -0.3 is 15.9 Å². The van der Waals surface area contributed by atoms with Gasteiger partial charge in [-0.25, -0.2) is 14.6 Å². The van der Waals surface area contributed by atoms with Crippen molar-refractivity contribution < 1.29 is 19.8 Å². The number of carbonyl (C=O) groups is 2. The fourth-order valence-corrected chi connectivity index (χ4v) is 3.02. The third-order valence-electron chi connectivity index (χ3n) is 2.91. The minimum absolute atomic E-state index is 0.555. The van der Waals surface area contributed by atoms with Gasteiger partial charge in [-0.2, -0.15) is 0 Å². The molecule has 3 rings (SSSR count). The molecule has 0 aliphatic heterocycles. The Morgan fingerprint density at radius 1 is 1.23 bits per heavy atom. The van der Waals surface area contributed by atoms with Gasteiger partial charge in [-0.15, -0.1) is 11.3 Å². The fourth-order valence-electron chi connectivity index (χ4n) is 2.04. The van der Waals surface area contributed by atoms with Gasteiger partial charge in [0.05, 0.1) is 5.69 Å². The average Bonchev–Trinajstić information content (AvgIpc) is 3.03. The van der Waals surface area contributed by atoms with Crippen molar-refractivity contribution in [2.75, 3.05) is 0 Å². The molecule has 1 aliphatic rings. The number of nitrogens with two attached hydrogens (primary N) is 1. The summed E-state index contributed by atoms with van der Waals surface area (Å²) in [5.74, 6) is -2.51. The van der Waals surface area contributed by atoms with Gasteiger partial charge in [0.2, 0.25) is 0 Å². The van der Waals surface area contributed by atoms with E-state index in [4.69, 9.17) is 15.9 Å². The molecule has 114 valence electrons. The summed E-state index contributed by atoms with van der Waals surface area (Å²) in [6.45, 7) is 0.555. The van der Waals surface area contributed by atoms with E-state index in [-0.39, 0.29) is 0 Å². The van der Waals surface area contributed by atoms with E-state index in [1.807, 2.05) is 0 Å². The highest BCUT2D eigenvalue weighted by molar-refractivity contribution is 7.12. The van der Waals surface area contributed by atoms with Gasteiger partial charge in [0.15, 0.2) is 0 Å². The largest absolute Gasteiger partial charge is 0.478 e. The zero-order chi connectivity index (χ0) is 16.1. The van der Waals surface area contributed by atoms with Crippen LogP contribution in [0.5, 0.6) is 0 Å². The predicted octanol–water partition coefficient (Wildman–Crippen LogP) is 1.88. The highest BCUT2D eigenvalue weighted by Crippen LogP contribution is 2.38. The molecule has 0 spiro atoms. The number of fused-ring (bicyclic) bond motifs is 3. The Bertz CT molecular complexity index is 721. The van der Waals surface area contributed by atoms with E-state index in [0.29, 0.717) is 18.7 Å². The van der Waals surface area contributed by atoms with Crippen LogP contribution in [0.4, 0.5) is 0 Å². The highest BCUT2D eigenvalue weighted by Gasteiger charge is 2.21. The first kappa shape index (κ1) is 15.9. The molecular formula is C15H14N2O4S. The van der Waals surface area contributed by atoms with E-state index in [2.05, 4.69) is 29.2 Å². The molecule has 0 amide bonds. The molecule has 2 aromatic rings. The van der Waals surface area contributed by atoms with Crippen molar-refractivity contribution in [3.05, 3.63) is 51.9 Å². The maximum Gasteiger partial charge on any atom is 0.328 e. The van der Waals surface area contributed by atoms with Crippen molar-refractivity contribution in [1.82, 2.24) is 4.98 Å². The monoisotopic (exact) mass is 318 g/mol. The second-order valence-corrected chi connectivity index (χ2v) is 5.60. The molecule has 1 aliphatic carbocycles. The summed E-state index contributed by atoms with van der Waals surface area (Å²) in [5, 5.41) is 16.7. The van der Waals surface area contributed by atoms with E-state index in [1.165, 1.54) is 16.0 Å². The SMILES string of the molecule is NCc1nc2c(s1)Cc1ccccc1-2.O=C(O)C=CC(=O)O. The molecule has 0 atom stereocenters. The molecule has 0 radical (unpaired) electrons. The van der Waals surface area contributed by atoms with Crippen LogP contribution in [-0.2, 0) is 22.6 Å². The number of rotatable bonds is 3. The van der Waals surface area contributed by atoms with Crippen LogP contribution in [0, 0.1) is 0 Å². The third kappa shape index (κ3) is 3.78. The topological polar surface area (TPSA) is 114 Å². The Kier molecular flexibility index (Phi) is 5.03. The molecule has 1 heterocycles. The third-order valence-corrected chi connectivity index (χ3v) is 3.99. The number of benzene rings is 1. The number of aromatic nitrogens is 1. The first-order chi connectivity index (χ1) is 10.5. The van der Waals surface area contributed by atoms with Gasteiger partial charge in [-0.05, 0) is 5.56 Å². The van der Waals surface area contributed by atoms with Crippen molar-refractivity contribution in [1.29, 1.82) is 0 Å². The van der Waals surface area contributed by atoms with Crippen LogP contribution >= 0.6 is 11.3 Å². The lowest BCUT2D eigenvalue weighted by Crippen LogP contribution is -1.94. The van der Waals surface area contributed by atoms with E-state index >= 15 is 0 Å². The normalized spacial score (nSPS) is 11.5. The van der Waals surface area contributed by atoms with Crippen LogP contribution in [0.15, 0.2) is 36.4 Å². The first-order valence-corrected chi connectivity index (χ1v) is 7.23. The summed E-state index contributed by atoms with van der Waals surface area (Å²) < 4.78 is 0. The zero-order valence-electron chi connectivity index (χ0n) is 11.5. The van der Waals surface area contributed by atoms with E-state index < -0.39 is 11.9 Å². The number of hydrogen-bond donors (Lipinski definition) is 3. The zero-order valence-corrected chi connectivity index (χ0v) is 12.3. The lowest BCUT2D eigenvalue weighted by Gasteiger charge is -1.96. The lowest BCUT2D eigenvalue weighted by atomic mass is 10.1. The second-order valence-electron chi connectivity index (χ2n) is 4.43. The number of thiazole rings is 1. The van der Waals surface area contributed by atoms with Crippen LogP contribution in [0.2, 0.25) is 0 Å². The van der Waals surface area contributed by atoms with E-state index in [0.717, 1.165) is 17.1 Å².